The molecule has 1 unspecified atom stereocenters. The number of hydrogen-bond donors (Lipinski definition) is 1. The Morgan fingerprint density at radius 3 is 2.91 bits per heavy atom. The van der Waals surface area contributed by atoms with Crippen molar-refractivity contribution in [1.29, 1.82) is 5.26 Å². The predicted molar refractivity (Wildman–Crippen MR) is 88.0 cm³/mol. The van der Waals surface area contributed by atoms with Gasteiger partial charge in [-0.3, -0.25) is 0 Å². The fourth-order valence-corrected chi connectivity index (χ4v) is 3.34. The maximum atomic E-state index is 9.16. The molecule has 2 aromatic carbocycles. The molecule has 0 aliphatic carbocycles. The molecule has 3 rings (SSSR count). The highest BCUT2D eigenvalue weighted by atomic mass is 32.1. The molecule has 0 aliphatic heterocycles. The zero-order chi connectivity index (χ0) is 15.5. The van der Waals surface area contributed by atoms with Crippen molar-refractivity contribution < 1.29 is 4.74 Å². The first kappa shape index (κ1) is 14.5. The maximum absolute atomic E-state index is 9.16. The van der Waals surface area contributed by atoms with E-state index in [1.165, 1.54) is 0 Å². The summed E-state index contributed by atoms with van der Waals surface area (Å²) in [7, 11) is 1.65. The summed E-state index contributed by atoms with van der Waals surface area (Å²) < 4.78 is 6.28. The van der Waals surface area contributed by atoms with Gasteiger partial charge in [-0.25, -0.2) is 4.98 Å². The van der Waals surface area contributed by atoms with Crippen LogP contribution in [0.1, 0.15) is 22.2 Å². The fraction of sp³-hybridized carbons (Fsp3) is 0.176. The van der Waals surface area contributed by atoms with Gasteiger partial charge in [0.25, 0.3) is 0 Å². The van der Waals surface area contributed by atoms with E-state index >= 15 is 0 Å². The van der Waals surface area contributed by atoms with E-state index in [2.05, 4.69) is 11.1 Å². The summed E-state index contributed by atoms with van der Waals surface area (Å²) >= 11 is 1.57. The van der Waals surface area contributed by atoms with Crippen molar-refractivity contribution in [1.82, 2.24) is 4.98 Å². The fourth-order valence-electron chi connectivity index (χ4n) is 2.34. The number of hydrogen-bond acceptors (Lipinski definition) is 5. The molecule has 3 aromatic rings. The van der Waals surface area contributed by atoms with Crippen LogP contribution in [0.5, 0.6) is 5.75 Å². The van der Waals surface area contributed by atoms with Crippen molar-refractivity contribution in [3.05, 3.63) is 58.6 Å². The highest BCUT2D eigenvalue weighted by Crippen LogP contribution is 2.30. The van der Waals surface area contributed by atoms with Crippen molar-refractivity contribution in [3.63, 3.8) is 0 Å². The molecule has 0 aliphatic rings. The number of ether oxygens (including phenoxy) is 1. The first-order valence-electron chi connectivity index (χ1n) is 6.89. The molecule has 0 fully saturated rings. The maximum Gasteiger partial charge on any atom is 0.120 e. The van der Waals surface area contributed by atoms with Gasteiger partial charge in [-0.05, 0) is 36.2 Å². The van der Waals surface area contributed by atoms with Gasteiger partial charge in [0, 0.05) is 0 Å². The molecular formula is C17H15N3OS. The van der Waals surface area contributed by atoms with Crippen LogP contribution >= 0.6 is 11.3 Å². The first-order valence-corrected chi connectivity index (χ1v) is 7.71. The van der Waals surface area contributed by atoms with Crippen LogP contribution in [0.2, 0.25) is 0 Å². The Labute approximate surface area is 132 Å². The summed E-state index contributed by atoms with van der Waals surface area (Å²) in [6, 6.07) is 15.3. The van der Waals surface area contributed by atoms with Crippen LogP contribution in [-0.2, 0) is 6.42 Å². The topological polar surface area (TPSA) is 71.9 Å². The smallest absolute Gasteiger partial charge is 0.120 e. The van der Waals surface area contributed by atoms with Crippen molar-refractivity contribution >= 4 is 21.6 Å². The minimum absolute atomic E-state index is 0.224. The van der Waals surface area contributed by atoms with Gasteiger partial charge in [-0.15, -0.1) is 11.3 Å². The molecule has 1 heterocycles. The van der Waals surface area contributed by atoms with Gasteiger partial charge in [-0.2, -0.15) is 5.26 Å². The van der Waals surface area contributed by atoms with Crippen LogP contribution in [0.3, 0.4) is 0 Å². The van der Waals surface area contributed by atoms with Crippen molar-refractivity contribution in [2.75, 3.05) is 7.11 Å². The van der Waals surface area contributed by atoms with E-state index in [4.69, 9.17) is 15.7 Å². The average Bonchev–Trinajstić information content (AvgIpc) is 2.98. The lowest BCUT2D eigenvalue weighted by atomic mass is 10.0. The third-order valence-corrected chi connectivity index (χ3v) is 4.66. The average molecular weight is 309 g/mol. The van der Waals surface area contributed by atoms with Crippen molar-refractivity contribution in [2.24, 2.45) is 5.73 Å². The van der Waals surface area contributed by atoms with Crippen LogP contribution in [0, 0.1) is 11.3 Å². The molecule has 5 heteroatoms. The van der Waals surface area contributed by atoms with Crippen LogP contribution < -0.4 is 10.5 Å². The second kappa shape index (κ2) is 6.14. The van der Waals surface area contributed by atoms with Crippen LogP contribution in [0.15, 0.2) is 42.5 Å². The van der Waals surface area contributed by atoms with Gasteiger partial charge in [-0.1, -0.05) is 18.2 Å². The summed E-state index contributed by atoms with van der Waals surface area (Å²) in [5.41, 5.74) is 8.83. The largest absolute Gasteiger partial charge is 0.497 e. The quantitative estimate of drug-likeness (QED) is 0.801. The monoisotopic (exact) mass is 309 g/mol. The Morgan fingerprint density at radius 2 is 2.14 bits per heavy atom. The molecule has 0 spiro atoms. The highest BCUT2D eigenvalue weighted by Gasteiger charge is 2.15. The summed E-state index contributed by atoms with van der Waals surface area (Å²) in [6.07, 6.45) is 0.598. The number of nitrogens with two attached hydrogens (primary N) is 1. The molecule has 0 saturated carbocycles. The molecule has 1 atom stereocenters. The van der Waals surface area contributed by atoms with E-state index in [0.717, 1.165) is 26.5 Å². The van der Waals surface area contributed by atoms with E-state index in [9.17, 15) is 0 Å². The number of nitrogens with zero attached hydrogens (tertiary/aromatic N) is 2. The number of aromatic nitrogens is 1. The summed E-state index contributed by atoms with van der Waals surface area (Å²) in [5.74, 6) is 0.811. The third kappa shape index (κ3) is 2.80. The Balaban J connectivity index is 1.89. The Morgan fingerprint density at radius 1 is 1.32 bits per heavy atom. The lowest BCUT2D eigenvalue weighted by Gasteiger charge is -2.09. The van der Waals surface area contributed by atoms with Crippen molar-refractivity contribution in [3.8, 4) is 11.8 Å². The van der Waals surface area contributed by atoms with E-state index in [-0.39, 0.29) is 6.04 Å². The SMILES string of the molecule is COc1ccc2nc(C(N)Cc3ccccc3C#N)sc2c1. The zero-order valence-electron chi connectivity index (χ0n) is 12.1. The molecule has 4 nitrogen and oxygen atoms in total. The Bertz CT molecular complexity index is 850. The number of rotatable bonds is 4. The van der Waals surface area contributed by atoms with Gasteiger partial charge in [0.05, 0.1) is 35.0 Å². The zero-order valence-corrected chi connectivity index (χ0v) is 12.9. The molecule has 1 aromatic heterocycles. The second-order valence-corrected chi connectivity index (χ2v) is 6.03. The highest BCUT2D eigenvalue weighted by molar-refractivity contribution is 7.18. The third-order valence-electron chi connectivity index (χ3n) is 3.51. The number of methoxy groups -OCH3 is 1. The first-order chi connectivity index (χ1) is 10.7. The molecule has 0 amide bonds. The van der Waals surface area contributed by atoms with Crippen LogP contribution in [0.4, 0.5) is 0 Å². The number of nitriles is 1. The summed E-state index contributed by atoms with van der Waals surface area (Å²) in [4.78, 5) is 4.59. The van der Waals surface area contributed by atoms with Gasteiger partial charge in [0.2, 0.25) is 0 Å². The summed E-state index contributed by atoms with van der Waals surface area (Å²) in [6.45, 7) is 0. The summed E-state index contributed by atoms with van der Waals surface area (Å²) in [5, 5.41) is 10.0. The lowest BCUT2D eigenvalue weighted by molar-refractivity contribution is 0.415. The number of thiazole rings is 1. The van der Waals surface area contributed by atoms with E-state index in [1.807, 2.05) is 42.5 Å². The Kier molecular flexibility index (Phi) is 4.05. The van der Waals surface area contributed by atoms with E-state index in [0.29, 0.717) is 12.0 Å². The minimum atomic E-state index is -0.224. The molecule has 22 heavy (non-hydrogen) atoms. The molecular weight excluding hydrogens is 294 g/mol. The van der Waals surface area contributed by atoms with Gasteiger partial charge in [0.1, 0.15) is 10.8 Å². The van der Waals surface area contributed by atoms with Crippen molar-refractivity contribution in [2.45, 2.75) is 12.5 Å². The van der Waals surface area contributed by atoms with E-state index in [1.54, 1.807) is 18.4 Å². The standard InChI is InChI=1S/C17H15N3OS/c1-21-13-6-7-15-16(9-13)22-17(20-15)14(19)8-11-4-2-3-5-12(11)10-18/h2-7,9,14H,8,19H2,1H3. The predicted octanol–water partition coefficient (Wildman–Crippen LogP) is 3.42. The molecule has 0 saturated heterocycles. The molecule has 0 radical (unpaired) electrons. The second-order valence-electron chi connectivity index (χ2n) is 4.97. The van der Waals surface area contributed by atoms with Gasteiger partial charge in [0.15, 0.2) is 0 Å². The molecule has 0 bridgehead atoms. The van der Waals surface area contributed by atoms with Gasteiger partial charge >= 0.3 is 0 Å². The molecule has 110 valence electrons. The van der Waals surface area contributed by atoms with Crippen LogP contribution in [0.25, 0.3) is 10.2 Å². The number of benzene rings is 2. The molecule has 2 N–H and O–H groups in total. The van der Waals surface area contributed by atoms with Gasteiger partial charge < -0.3 is 10.5 Å². The minimum Gasteiger partial charge on any atom is -0.497 e. The lowest BCUT2D eigenvalue weighted by Crippen LogP contribution is -2.13. The Hall–Kier alpha value is -2.42. The van der Waals surface area contributed by atoms with E-state index < -0.39 is 0 Å². The normalized spacial score (nSPS) is 12.0. The number of fused-ring (bicyclic) bond motifs is 1. The van der Waals surface area contributed by atoms with Crippen LogP contribution in [-0.4, -0.2) is 12.1 Å².